The molecule has 0 saturated heterocycles. The van der Waals surface area contributed by atoms with Crippen molar-refractivity contribution in [3.05, 3.63) is 65.5 Å². The lowest BCUT2D eigenvalue weighted by atomic mass is 9.96. The van der Waals surface area contributed by atoms with Gasteiger partial charge in [-0.15, -0.1) is 0 Å². The number of oxazole rings is 1. The van der Waals surface area contributed by atoms with Crippen LogP contribution in [-0.4, -0.2) is 4.98 Å². The van der Waals surface area contributed by atoms with E-state index in [-0.39, 0.29) is 0 Å². The Bertz CT molecular complexity index is 724. The Kier molecular flexibility index (Phi) is 5.68. The van der Waals surface area contributed by atoms with Gasteiger partial charge in [0.2, 0.25) is 0 Å². The number of hydrogen-bond acceptors (Lipinski definition) is 2. The predicted molar refractivity (Wildman–Crippen MR) is 100 cm³/mol. The number of para-hydroxylation sites is 2. The summed E-state index contributed by atoms with van der Waals surface area (Å²) in [5.74, 6) is 1.54. The fourth-order valence-electron chi connectivity index (χ4n) is 3.12. The van der Waals surface area contributed by atoms with E-state index >= 15 is 0 Å². The molecule has 0 bridgehead atoms. The molecule has 3 rings (SSSR count). The van der Waals surface area contributed by atoms with Gasteiger partial charge in [0.1, 0.15) is 5.52 Å². The van der Waals surface area contributed by atoms with Crippen molar-refractivity contribution in [1.82, 2.24) is 4.98 Å². The number of fused-ring (bicyclic) bond motifs is 1. The van der Waals surface area contributed by atoms with Gasteiger partial charge in [0, 0.05) is 6.42 Å². The van der Waals surface area contributed by atoms with Crippen molar-refractivity contribution in [2.75, 3.05) is 0 Å². The first-order valence-corrected chi connectivity index (χ1v) is 9.17. The maximum Gasteiger partial charge on any atom is 0.195 e. The molecule has 2 nitrogen and oxygen atoms in total. The van der Waals surface area contributed by atoms with Gasteiger partial charge in [-0.05, 0) is 54.9 Å². The summed E-state index contributed by atoms with van der Waals surface area (Å²) >= 11 is 0. The summed E-state index contributed by atoms with van der Waals surface area (Å²) in [5, 5.41) is 0. The highest BCUT2D eigenvalue weighted by atomic mass is 16.3. The zero-order valence-corrected chi connectivity index (χ0v) is 14.8. The highest BCUT2D eigenvalue weighted by Crippen LogP contribution is 2.19. The van der Waals surface area contributed by atoms with E-state index in [0.29, 0.717) is 5.92 Å². The molecule has 0 aliphatic carbocycles. The zero-order valence-electron chi connectivity index (χ0n) is 14.8. The van der Waals surface area contributed by atoms with Gasteiger partial charge in [-0.3, -0.25) is 0 Å². The number of rotatable bonds is 8. The fraction of sp³-hybridized carbons (Fsp3) is 0.409. The zero-order chi connectivity index (χ0) is 16.8. The van der Waals surface area contributed by atoms with Crippen LogP contribution in [0.5, 0.6) is 0 Å². The molecule has 2 aromatic carbocycles. The van der Waals surface area contributed by atoms with Crippen LogP contribution in [0.3, 0.4) is 0 Å². The Labute approximate surface area is 144 Å². The first kappa shape index (κ1) is 16.8. The summed E-state index contributed by atoms with van der Waals surface area (Å²) in [6.07, 6.45) is 6.81. The van der Waals surface area contributed by atoms with Crippen LogP contribution in [-0.2, 0) is 19.3 Å². The highest BCUT2D eigenvalue weighted by Gasteiger charge is 2.08. The molecule has 0 saturated carbocycles. The molecule has 0 radical (unpaired) electrons. The van der Waals surface area contributed by atoms with E-state index in [2.05, 4.69) is 43.1 Å². The van der Waals surface area contributed by atoms with E-state index in [0.717, 1.165) is 36.3 Å². The van der Waals surface area contributed by atoms with Crippen LogP contribution in [0.25, 0.3) is 11.1 Å². The lowest BCUT2D eigenvalue weighted by Gasteiger charge is -2.10. The second-order valence-electron chi connectivity index (χ2n) is 6.82. The third kappa shape index (κ3) is 4.47. The van der Waals surface area contributed by atoms with Gasteiger partial charge in [0.25, 0.3) is 0 Å². The summed E-state index contributed by atoms with van der Waals surface area (Å²) in [6.45, 7) is 4.56. The minimum absolute atomic E-state index is 0.676. The molecule has 126 valence electrons. The molecule has 2 heteroatoms. The Hall–Kier alpha value is -2.09. The van der Waals surface area contributed by atoms with Crippen molar-refractivity contribution >= 4 is 11.1 Å². The van der Waals surface area contributed by atoms with E-state index in [9.17, 15) is 0 Å². The smallest absolute Gasteiger partial charge is 0.195 e. The fourth-order valence-corrected chi connectivity index (χ4v) is 3.12. The molecule has 3 aromatic rings. The monoisotopic (exact) mass is 321 g/mol. The van der Waals surface area contributed by atoms with Gasteiger partial charge in [-0.25, -0.2) is 4.98 Å². The standard InChI is InChI=1S/C22H27NO/c1-3-6-18-12-14-19(15-13-18)11-9-17(2)10-16-22-23-20-7-4-5-8-21(20)24-22/h4-5,7-8,12-15,17H,3,6,9-11,16H2,1-2H3. The maximum absolute atomic E-state index is 5.81. The van der Waals surface area contributed by atoms with E-state index < -0.39 is 0 Å². The normalized spacial score (nSPS) is 12.6. The highest BCUT2D eigenvalue weighted by molar-refractivity contribution is 5.72. The Morgan fingerprint density at radius 3 is 2.25 bits per heavy atom. The molecular formula is C22H27NO. The first-order chi connectivity index (χ1) is 11.7. The molecule has 0 aliphatic rings. The van der Waals surface area contributed by atoms with E-state index in [1.165, 1.54) is 30.4 Å². The SMILES string of the molecule is CCCc1ccc(CCC(C)CCc2nc3ccccc3o2)cc1. The van der Waals surface area contributed by atoms with Crippen LogP contribution >= 0.6 is 0 Å². The topological polar surface area (TPSA) is 26.0 Å². The summed E-state index contributed by atoms with van der Waals surface area (Å²) < 4.78 is 5.81. The number of benzene rings is 2. The van der Waals surface area contributed by atoms with Crippen molar-refractivity contribution in [2.24, 2.45) is 5.92 Å². The number of nitrogens with zero attached hydrogens (tertiary/aromatic N) is 1. The van der Waals surface area contributed by atoms with Crippen LogP contribution < -0.4 is 0 Å². The predicted octanol–water partition coefficient (Wildman–Crippen LogP) is 5.98. The van der Waals surface area contributed by atoms with Crippen molar-refractivity contribution in [2.45, 2.75) is 52.4 Å². The molecule has 1 aromatic heterocycles. The van der Waals surface area contributed by atoms with Gasteiger partial charge in [-0.2, -0.15) is 0 Å². The van der Waals surface area contributed by atoms with Gasteiger partial charge in [-0.1, -0.05) is 56.7 Å². The van der Waals surface area contributed by atoms with E-state index in [1.54, 1.807) is 0 Å². The van der Waals surface area contributed by atoms with E-state index in [1.807, 2.05) is 24.3 Å². The second-order valence-corrected chi connectivity index (χ2v) is 6.82. The average Bonchev–Trinajstić information content (AvgIpc) is 3.02. The van der Waals surface area contributed by atoms with Crippen LogP contribution in [0.15, 0.2) is 52.9 Å². The molecule has 1 unspecified atom stereocenters. The summed E-state index contributed by atoms with van der Waals surface area (Å²) in [6, 6.07) is 17.1. The summed E-state index contributed by atoms with van der Waals surface area (Å²) in [4.78, 5) is 4.56. The maximum atomic E-state index is 5.81. The van der Waals surface area contributed by atoms with Crippen molar-refractivity contribution in [3.8, 4) is 0 Å². The third-order valence-corrected chi connectivity index (χ3v) is 4.68. The van der Waals surface area contributed by atoms with Crippen LogP contribution in [0.4, 0.5) is 0 Å². The van der Waals surface area contributed by atoms with Crippen molar-refractivity contribution in [3.63, 3.8) is 0 Å². The lowest BCUT2D eigenvalue weighted by Crippen LogP contribution is -2.00. The van der Waals surface area contributed by atoms with Crippen molar-refractivity contribution < 1.29 is 4.42 Å². The summed E-state index contributed by atoms with van der Waals surface area (Å²) in [7, 11) is 0. The molecule has 0 amide bonds. The van der Waals surface area contributed by atoms with Crippen molar-refractivity contribution in [1.29, 1.82) is 0 Å². The molecule has 1 heterocycles. The summed E-state index contributed by atoms with van der Waals surface area (Å²) in [5.41, 5.74) is 4.76. The first-order valence-electron chi connectivity index (χ1n) is 9.17. The number of hydrogen-bond donors (Lipinski definition) is 0. The van der Waals surface area contributed by atoms with Gasteiger partial charge >= 0.3 is 0 Å². The van der Waals surface area contributed by atoms with E-state index in [4.69, 9.17) is 4.42 Å². The third-order valence-electron chi connectivity index (χ3n) is 4.68. The number of aryl methyl sites for hydroxylation is 3. The molecule has 0 fully saturated rings. The quantitative estimate of drug-likeness (QED) is 0.510. The molecule has 0 spiro atoms. The molecule has 0 aliphatic heterocycles. The van der Waals surface area contributed by atoms with Crippen LogP contribution in [0, 0.1) is 5.92 Å². The lowest BCUT2D eigenvalue weighted by molar-refractivity contribution is 0.447. The van der Waals surface area contributed by atoms with Gasteiger partial charge in [0.05, 0.1) is 0 Å². The molecule has 24 heavy (non-hydrogen) atoms. The Balaban J connectivity index is 1.46. The molecular weight excluding hydrogens is 294 g/mol. The minimum Gasteiger partial charge on any atom is -0.441 e. The largest absolute Gasteiger partial charge is 0.441 e. The minimum atomic E-state index is 0.676. The average molecular weight is 321 g/mol. The Morgan fingerprint density at radius 2 is 1.54 bits per heavy atom. The van der Waals surface area contributed by atoms with Gasteiger partial charge < -0.3 is 4.42 Å². The van der Waals surface area contributed by atoms with Gasteiger partial charge in [0.15, 0.2) is 11.5 Å². The van der Waals surface area contributed by atoms with Crippen LogP contribution in [0.1, 0.15) is 50.1 Å². The second kappa shape index (κ2) is 8.14. The Morgan fingerprint density at radius 1 is 0.875 bits per heavy atom. The van der Waals surface area contributed by atoms with Crippen LogP contribution in [0.2, 0.25) is 0 Å². The number of aromatic nitrogens is 1. The molecule has 0 N–H and O–H groups in total. The molecule has 1 atom stereocenters.